The van der Waals surface area contributed by atoms with E-state index in [1.54, 1.807) is 0 Å². The Morgan fingerprint density at radius 1 is 1.00 bits per heavy atom. The van der Waals surface area contributed by atoms with Crippen LogP contribution in [0, 0.1) is 0 Å². The number of nitrogens with zero attached hydrogens (tertiary/aromatic N) is 2. The van der Waals surface area contributed by atoms with Crippen molar-refractivity contribution in [1.29, 1.82) is 0 Å². The zero-order valence-corrected chi connectivity index (χ0v) is 12.5. The Labute approximate surface area is 112 Å². The molecule has 18 heavy (non-hydrogen) atoms. The first kappa shape index (κ1) is 15.9. The standard InChI is InChI=1S/C14H31N3O/c1-14(2,3)18-13-12-17-9-5-8-16(10-11-17)7-4-6-15/h4-13,15H2,1-3H3. The van der Waals surface area contributed by atoms with Crippen LogP contribution in [-0.4, -0.2) is 67.8 Å². The van der Waals surface area contributed by atoms with Gasteiger partial charge in [-0.1, -0.05) is 0 Å². The molecule has 0 bridgehead atoms. The van der Waals surface area contributed by atoms with Gasteiger partial charge in [0.2, 0.25) is 0 Å². The van der Waals surface area contributed by atoms with Crippen LogP contribution in [-0.2, 0) is 4.74 Å². The van der Waals surface area contributed by atoms with Gasteiger partial charge in [-0.3, -0.25) is 4.90 Å². The number of nitrogens with two attached hydrogens (primary N) is 1. The summed E-state index contributed by atoms with van der Waals surface area (Å²) in [7, 11) is 0. The van der Waals surface area contributed by atoms with E-state index in [-0.39, 0.29) is 5.60 Å². The summed E-state index contributed by atoms with van der Waals surface area (Å²) in [4.78, 5) is 5.06. The maximum Gasteiger partial charge on any atom is 0.0600 e. The van der Waals surface area contributed by atoms with E-state index in [4.69, 9.17) is 10.5 Å². The van der Waals surface area contributed by atoms with E-state index in [2.05, 4.69) is 30.6 Å². The van der Waals surface area contributed by atoms with Crippen molar-refractivity contribution in [2.24, 2.45) is 5.73 Å². The largest absolute Gasteiger partial charge is 0.375 e. The van der Waals surface area contributed by atoms with Crippen molar-refractivity contribution in [3.8, 4) is 0 Å². The zero-order chi connectivity index (χ0) is 13.4. The van der Waals surface area contributed by atoms with Crippen molar-refractivity contribution < 1.29 is 4.74 Å². The Bertz CT molecular complexity index is 216. The molecule has 0 spiro atoms. The van der Waals surface area contributed by atoms with Gasteiger partial charge in [0.15, 0.2) is 0 Å². The minimum absolute atomic E-state index is 0.0149. The third-order valence-electron chi connectivity index (χ3n) is 3.30. The van der Waals surface area contributed by atoms with Gasteiger partial charge in [-0.15, -0.1) is 0 Å². The molecule has 1 aliphatic heterocycles. The van der Waals surface area contributed by atoms with Crippen LogP contribution >= 0.6 is 0 Å². The van der Waals surface area contributed by atoms with Gasteiger partial charge in [0, 0.05) is 19.6 Å². The Morgan fingerprint density at radius 2 is 1.61 bits per heavy atom. The van der Waals surface area contributed by atoms with Gasteiger partial charge in [-0.25, -0.2) is 0 Å². The summed E-state index contributed by atoms with van der Waals surface area (Å²) in [6, 6.07) is 0. The highest BCUT2D eigenvalue weighted by atomic mass is 16.5. The molecule has 4 nitrogen and oxygen atoms in total. The highest BCUT2D eigenvalue weighted by molar-refractivity contribution is 4.70. The van der Waals surface area contributed by atoms with Crippen molar-refractivity contribution >= 4 is 0 Å². The van der Waals surface area contributed by atoms with Crippen LogP contribution in [0.15, 0.2) is 0 Å². The van der Waals surface area contributed by atoms with Gasteiger partial charge in [0.25, 0.3) is 0 Å². The molecule has 1 heterocycles. The van der Waals surface area contributed by atoms with Crippen molar-refractivity contribution in [3.05, 3.63) is 0 Å². The fraction of sp³-hybridized carbons (Fsp3) is 1.00. The second-order valence-electron chi connectivity index (χ2n) is 6.14. The molecule has 0 radical (unpaired) electrons. The van der Waals surface area contributed by atoms with Crippen LogP contribution in [0.4, 0.5) is 0 Å². The lowest BCUT2D eigenvalue weighted by Crippen LogP contribution is -2.34. The molecule has 0 atom stereocenters. The minimum Gasteiger partial charge on any atom is -0.375 e. The van der Waals surface area contributed by atoms with E-state index >= 15 is 0 Å². The summed E-state index contributed by atoms with van der Waals surface area (Å²) in [5, 5.41) is 0. The molecule has 1 fully saturated rings. The van der Waals surface area contributed by atoms with Gasteiger partial charge >= 0.3 is 0 Å². The first-order chi connectivity index (χ1) is 8.51. The minimum atomic E-state index is -0.0149. The molecule has 0 amide bonds. The monoisotopic (exact) mass is 257 g/mol. The molecule has 1 aliphatic rings. The van der Waals surface area contributed by atoms with Crippen molar-refractivity contribution in [1.82, 2.24) is 9.80 Å². The number of hydrogen-bond acceptors (Lipinski definition) is 4. The fourth-order valence-electron chi connectivity index (χ4n) is 2.27. The maximum atomic E-state index is 5.79. The van der Waals surface area contributed by atoms with E-state index in [1.165, 1.54) is 26.1 Å². The van der Waals surface area contributed by atoms with Gasteiger partial charge in [-0.05, 0) is 59.8 Å². The highest BCUT2D eigenvalue weighted by Crippen LogP contribution is 2.08. The lowest BCUT2D eigenvalue weighted by Gasteiger charge is -2.24. The van der Waals surface area contributed by atoms with Gasteiger partial charge in [0.05, 0.1) is 12.2 Å². The molecule has 0 saturated carbocycles. The molecule has 1 rings (SSSR count). The van der Waals surface area contributed by atoms with Crippen LogP contribution < -0.4 is 5.73 Å². The molecular formula is C14H31N3O. The van der Waals surface area contributed by atoms with E-state index in [9.17, 15) is 0 Å². The summed E-state index contributed by atoms with van der Waals surface area (Å²) in [6.45, 7) is 15.0. The Balaban J connectivity index is 2.17. The number of hydrogen-bond donors (Lipinski definition) is 1. The SMILES string of the molecule is CC(C)(C)OCCN1CCCN(CCCN)CC1. The van der Waals surface area contributed by atoms with Crippen LogP contribution in [0.3, 0.4) is 0 Å². The second kappa shape index (κ2) is 8.10. The van der Waals surface area contributed by atoms with E-state index in [0.717, 1.165) is 39.2 Å². The third kappa shape index (κ3) is 7.31. The number of rotatable bonds is 6. The predicted molar refractivity (Wildman–Crippen MR) is 76.9 cm³/mol. The van der Waals surface area contributed by atoms with E-state index in [0.29, 0.717) is 0 Å². The van der Waals surface area contributed by atoms with Crippen molar-refractivity contribution in [3.63, 3.8) is 0 Å². The van der Waals surface area contributed by atoms with Crippen LogP contribution in [0.2, 0.25) is 0 Å². The predicted octanol–water partition coefficient (Wildman–Crippen LogP) is 1.16. The lowest BCUT2D eigenvalue weighted by atomic mass is 10.2. The molecule has 0 aromatic heterocycles. The van der Waals surface area contributed by atoms with Crippen LogP contribution in [0.5, 0.6) is 0 Å². The van der Waals surface area contributed by atoms with Gasteiger partial charge in [-0.2, -0.15) is 0 Å². The molecule has 108 valence electrons. The van der Waals surface area contributed by atoms with Crippen molar-refractivity contribution in [2.75, 3.05) is 52.4 Å². The third-order valence-corrected chi connectivity index (χ3v) is 3.30. The Kier molecular flexibility index (Phi) is 7.15. The maximum absolute atomic E-state index is 5.79. The Morgan fingerprint density at radius 3 is 2.17 bits per heavy atom. The molecule has 0 aliphatic carbocycles. The summed E-state index contributed by atoms with van der Waals surface area (Å²) in [6.07, 6.45) is 2.38. The fourth-order valence-corrected chi connectivity index (χ4v) is 2.27. The lowest BCUT2D eigenvalue weighted by molar-refractivity contribution is -0.0126. The molecule has 2 N–H and O–H groups in total. The average Bonchev–Trinajstić information content (AvgIpc) is 2.50. The summed E-state index contributed by atoms with van der Waals surface area (Å²) in [5.74, 6) is 0. The molecular weight excluding hydrogens is 226 g/mol. The van der Waals surface area contributed by atoms with Gasteiger partial charge in [0.1, 0.15) is 0 Å². The molecule has 4 heteroatoms. The smallest absolute Gasteiger partial charge is 0.0600 e. The van der Waals surface area contributed by atoms with E-state index < -0.39 is 0 Å². The first-order valence-electron chi connectivity index (χ1n) is 7.30. The van der Waals surface area contributed by atoms with Crippen LogP contribution in [0.1, 0.15) is 33.6 Å². The molecule has 1 saturated heterocycles. The average molecular weight is 257 g/mol. The van der Waals surface area contributed by atoms with Crippen LogP contribution in [0.25, 0.3) is 0 Å². The normalized spacial score (nSPS) is 20.0. The van der Waals surface area contributed by atoms with E-state index in [1.807, 2.05) is 0 Å². The molecule has 0 aromatic rings. The summed E-state index contributed by atoms with van der Waals surface area (Å²) < 4.78 is 5.79. The molecule has 0 aromatic carbocycles. The topological polar surface area (TPSA) is 41.7 Å². The highest BCUT2D eigenvalue weighted by Gasteiger charge is 2.15. The first-order valence-corrected chi connectivity index (χ1v) is 7.30. The summed E-state index contributed by atoms with van der Waals surface area (Å²) in [5.41, 5.74) is 5.55. The summed E-state index contributed by atoms with van der Waals surface area (Å²) >= 11 is 0. The molecule has 0 unspecified atom stereocenters. The van der Waals surface area contributed by atoms with Gasteiger partial charge < -0.3 is 15.4 Å². The number of ether oxygens (including phenoxy) is 1. The quantitative estimate of drug-likeness (QED) is 0.775. The Hall–Kier alpha value is -0.160. The zero-order valence-electron chi connectivity index (χ0n) is 12.5. The second-order valence-corrected chi connectivity index (χ2v) is 6.14. The van der Waals surface area contributed by atoms with Crippen molar-refractivity contribution in [2.45, 2.75) is 39.2 Å².